The second kappa shape index (κ2) is 6.35. The van der Waals surface area contributed by atoms with Gasteiger partial charge in [-0.1, -0.05) is 24.3 Å². The minimum Gasteiger partial charge on any atom is -0.462 e. The highest BCUT2D eigenvalue weighted by Gasteiger charge is 2.50. The molecule has 6 nitrogen and oxygen atoms in total. The molecule has 27 heavy (non-hydrogen) atoms. The van der Waals surface area contributed by atoms with Gasteiger partial charge in [0.1, 0.15) is 11.8 Å². The number of rotatable bonds is 4. The van der Waals surface area contributed by atoms with Gasteiger partial charge in [-0.2, -0.15) is 5.10 Å². The number of hydrogen-bond acceptors (Lipinski definition) is 5. The van der Waals surface area contributed by atoms with Crippen LogP contribution in [0, 0.1) is 5.92 Å². The monoisotopic (exact) mass is 379 g/mol. The number of carbonyl (C=O) groups excluding carboxylic acids is 2. The topological polar surface area (TPSA) is 73.2 Å². The number of nitrogens with zero attached hydrogens (tertiary/aromatic N) is 2. The van der Waals surface area contributed by atoms with Crippen LogP contribution in [-0.4, -0.2) is 33.8 Å². The second-order valence-electron chi connectivity index (χ2n) is 6.86. The number of nitrogens with one attached hydrogen (secondary N) is 1. The molecule has 1 amide bonds. The summed E-state index contributed by atoms with van der Waals surface area (Å²) in [5, 5.41) is 9.70. The normalized spacial score (nSPS) is 23.4. The summed E-state index contributed by atoms with van der Waals surface area (Å²) >= 11 is 1.55. The van der Waals surface area contributed by atoms with Gasteiger partial charge in [-0.25, -0.2) is 4.68 Å². The molecule has 0 unspecified atom stereocenters. The summed E-state index contributed by atoms with van der Waals surface area (Å²) in [6.45, 7) is 0. The first-order valence-corrected chi connectivity index (χ1v) is 9.76. The van der Waals surface area contributed by atoms with Crippen LogP contribution in [0.3, 0.4) is 0 Å². The van der Waals surface area contributed by atoms with E-state index in [1.165, 1.54) is 0 Å². The Morgan fingerprint density at radius 2 is 2.07 bits per heavy atom. The molecular formula is C20H17N3O3S. The Hall–Kier alpha value is -2.93. The number of carbonyl (C=O) groups is 2. The molecule has 136 valence electrons. The number of fused-ring (bicyclic) bond motifs is 1. The molecule has 0 radical (unpaired) electrons. The van der Waals surface area contributed by atoms with Gasteiger partial charge in [-0.3, -0.25) is 9.59 Å². The van der Waals surface area contributed by atoms with Gasteiger partial charge in [0.2, 0.25) is 0 Å². The molecule has 0 bridgehead atoms. The Kier molecular flexibility index (Phi) is 3.82. The predicted molar refractivity (Wildman–Crippen MR) is 101 cm³/mol. The van der Waals surface area contributed by atoms with Gasteiger partial charge in [0.15, 0.2) is 0 Å². The van der Waals surface area contributed by atoms with Crippen LogP contribution in [0.4, 0.5) is 0 Å². The number of thiophene rings is 1. The first-order valence-electron chi connectivity index (χ1n) is 8.88. The SMILES string of the molecule is O=C1C[C@H]2[C@H](NC(=O)c3cn(-c4ccccc4)nc3-c3cccs3)C[C@H]2O1. The number of aromatic nitrogens is 2. The molecule has 0 spiro atoms. The fourth-order valence-electron chi connectivity index (χ4n) is 3.74. The third kappa shape index (κ3) is 2.84. The van der Waals surface area contributed by atoms with E-state index in [1.807, 2.05) is 47.8 Å². The number of ether oxygens (including phenoxy) is 1. The van der Waals surface area contributed by atoms with Crippen LogP contribution in [0.25, 0.3) is 16.3 Å². The van der Waals surface area contributed by atoms with Crippen molar-refractivity contribution in [3.8, 4) is 16.3 Å². The summed E-state index contributed by atoms with van der Waals surface area (Å²) in [4.78, 5) is 25.4. The number of amides is 1. The fourth-order valence-corrected chi connectivity index (χ4v) is 4.47. The summed E-state index contributed by atoms with van der Waals surface area (Å²) in [5.74, 6) is -0.239. The van der Waals surface area contributed by atoms with Gasteiger partial charge in [0, 0.05) is 24.6 Å². The lowest BCUT2D eigenvalue weighted by atomic mass is 9.76. The van der Waals surface area contributed by atoms with Crippen molar-refractivity contribution >= 4 is 23.2 Å². The molecule has 2 aromatic heterocycles. The maximum Gasteiger partial charge on any atom is 0.306 e. The van der Waals surface area contributed by atoms with Crippen molar-refractivity contribution in [2.24, 2.45) is 5.92 Å². The van der Waals surface area contributed by atoms with Gasteiger partial charge in [0.05, 0.1) is 22.5 Å². The minimum absolute atomic E-state index is 0.0230. The fraction of sp³-hybridized carbons (Fsp3) is 0.250. The van der Waals surface area contributed by atoms with E-state index in [9.17, 15) is 9.59 Å². The molecule has 5 rings (SSSR count). The molecule has 3 heterocycles. The van der Waals surface area contributed by atoms with Crippen molar-refractivity contribution < 1.29 is 14.3 Å². The molecule has 1 saturated heterocycles. The molecule has 1 aromatic carbocycles. The van der Waals surface area contributed by atoms with Crippen LogP contribution >= 0.6 is 11.3 Å². The first-order chi connectivity index (χ1) is 13.2. The highest BCUT2D eigenvalue weighted by Crippen LogP contribution is 2.39. The zero-order valence-corrected chi connectivity index (χ0v) is 15.2. The molecule has 1 N–H and O–H groups in total. The van der Waals surface area contributed by atoms with Crippen LogP contribution in [0.1, 0.15) is 23.2 Å². The summed E-state index contributed by atoms with van der Waals surface area (Å²) < 4.78 is 6.95. The van der Waals surface area contributed by atoms with Gasteiger partial charge in [0.25, 0.3) is 5.91 Å². The van der Waals surface area contributed by atoms with Gasteiger partial charge < -0.3 is 10.1 Å². The number of esters is 1. The summed E-state index contributed by atoms with van der Waals surface area (Å²) in [5.41, 5.74) is 2.10. The third-order valence-electron chi connectivity index (χ3n) is 5.22. The Morgan fingerprint density at radius 1 is 1.22 bits per heavy atom. The number of hydrogen-bond donors (Lipinski definition) is 1. The Morgan fingerprint density at radius 3 is 2.81 bits per heavy atom. The summed E-state index contributed by atoms with van der Waals surface area (Å²) in [6.07, 6.45) is 2.80. The van der Waals surface area contributed by atoms with Crippen LogP contribution in [-0.2, 0) is 9.53 Å². The highest BCUT2D eigenvalue weighted by molar-refractivity contribution is 7.13. The predicted octanol–water partition coefficient (Wildman–Crippen LogP) is 3.03. The quantitative estimate of drug-likeness (QED) is 0.707. The molecule has 2 fully saturated rings. The van der Waals surface area contributed by atoms with Crippen LogP contribution in [0.15, 0.2) is 54.0 Å². The second-order valence-corrected chi connectivity index (χ2v) is 7.81. The zero-order chi connectivity index (χ0) is 18.4. The molecule has 1 saturated carbocycles. The number of benzene rings is 1. The van der Waals surface area contributed by atoms with Crippen molar-refractivity contribution in [1.29, 1.82) is 0 Å². The van der Waals surface area contributed by atoms with Crippen molar-refractivity contribution in [2.45, 2.75) is 25.0 Å². The van der Waals surface area contributed by atoms with E-state index in [1.54, 1.807) is 22.2 Å². The van der Waals surface area contributed by atoms with E-state index in [0.717, 1.165) is 10.6 Å². The standard InChI is InChI=1S/C20H17N3O3S/c24-18-9-13-15(10-16(13)26-18)21-20(25)14-11-23(12-5-2-1-3-6-12)22-19(14)17-7-4-8-27-17/h1-8,11,13,15-16H,9-10H2,(H,21,25)/t13-,15+,16+/m0/s1. The molecule has 7 heteroatoms. The average Bonchev–Trinajstić information content (AvgIpc) is 3.40. The summed E-state index contributed by atoms with van der Waals surface area (Å²) in [7, 11) is 0. The zero-order valence-electron chi connectivity index (χ0n) is 14.4. The van der Waals surface area contributed by atoms with E-state index in [2.05, 4.69) is 10.4 Å². The molecule has 2 aliphatic rings. The van der Waals surface area contributed by atoms with Crippen molar-refractivity contribution in [2.75, 3.05) is 0 Å². The average molecular weight is 379 g/mol. The Labute approximate surface area is 159 Å². The molecule has 1 aliphatic heterocycles. The van der Waals surface area contributed by atoms with Crippen molar-refractivity contribution in [3.05, 3.63) is 59.6 Å². The van der Waals surface area contributed by atoms with E-state index in [-0.39, 0.29) is 29.9 Å². The Balaban J connectivity index is 1.45. The lowest BCUT2D eigenvalue weighted by Crippen LogP contribution is -2.53. The largest absolute Gasteiger partial charge is 0.462 e. The maximum absolute atomic E-state index is 13.0. The van der Waals surface area contributed by atoms with E-state index in [0.29, 0.717) is 24.1 Å². The number of para-hydroxylation sites is 1. The lowest BCUT2D eigenvalue weighted by molar-refractivity contribution is -0.143. The third-order valence-corrected chi connectivity index (χ3v) is 6.09. The highest BCUT2D eigenvalue weighted by atomic mass is 32.1. The minimum atomic E-state index is -0.169. The molecule has 3 atom stereocenters. The molecular weight excluding hydrogens is 362 g/mol. The molecule has 1 aliphatic carbocycles. The lowest BCUT2D eigenvalue weighted by Gasteiger charge is -2.38. The first kappa shape index (κ1) is 16.3. The van der Waals surface area contributed by atoms with E-state index < -0.39 is 0 Å². The Bertz CT molecular complexity index is 997. The van der Waals surface area contributed by atoms with Crippen LogP contribution in [0.2, 0.25) is 0 Å². The van der Waals surface area contributed by atoms with Gasteiger partial charge in [-0.05, 0) is 23.6 Å². The van der Waals surface area contributed by atoms with Crippen molar-refractivity contribution in [1.82, 2.24) is 15.1 Å². The summed E-state index contributed by atoms with van der Waals surface area (Å²) in [6, 6.07) is 13.6. The van der Waals surface area contributed by atoms with E-state index >= 15 is 0 Å². The maximum atomic E-state index is 13.0. The van der Waals surface area contributed by atoms with E-state index in [4.69, 9.17) is 4.74 Å². The molecule has 3 aromatic rings. The van der Waals surface area contributed by atoms with Crippen LogP contribution in [0.5, 0.6) is 0 Å². The van der Waals surface area contributed by atoms with Crippen molar-refractivity contribution in [3.63, 3.8) is 0 Å². The van der Waals surface area contributed by atoms with Crippen LogP contribution < -0.4 is 5.32 Å². The van der Waals surface area contributed by atoms with Gasteiger partial charge in [-0.15, -0.1) is 11.3 Å². The van der Waals surface area contributed by atoms with Gasteiger partial charge >= 0.3 is 5.97 Å². The smallest absolute Gasteiger partial charge is 0.306 e.